The van der Waals surface area contributed by atoms with E-state index >= 15 is 0 Å². The molecule has 2 amide bonds. The van der Waals surface area contributed by atoms with Crippen molar-refractivity contribution in [3.05, 3.63) is 60.2 Å². The first-order valence-electron chi connectivity index (χ1n) is 7.87. The number of carbonyl (C=O) groups excluding carboxylic acids is 2. The van der Waals surface area contributed by atoms with E-state index < -0.39 is 0 Å². The Kier molecular flexibility index (Phi) is 4.96. The summed E-state index contributed by atoms with van der Waals surface area (Å²) in [6, 6.07) is 7.00. The van der Waals surface area contributed by atoms with Gasteiger partial charge < -0.3 is 10.2 Å². The van der Waals surface area contributed by atoms with E-state index in [9.17, 15) is 9.59 Å². The van der Waals surface area contributed by atoms with Gasteiger partial charge in [0.2, 0.25) is 5.91 Å². The molecule has 1 aliphatic rings. The number of carbonyl (C=O) groups is 2. The Balaban J connectivity index is 1.64. The smallest absolute Gasteiger partial charge is 0.253 e. The molecule has 3 rings (SSSR count). The van der Waals surface area contributed by atoms with Crippen LogP contribution in [0.1, 0.15) is 28.9 Å². The number of hydrogen-bond acceptors (Lipinski definition) is 4. The van der Waals surface area contributed by atoms with Crippen molar-refractivity contribution in [1.82, 2.24) is 14.9 Å². The zero-order chi connectivity index (χ0) is 16.8. The molecular weight excluding hydrogens is 304 g/mol. The molecule has 6 heteroatoms. The maximum absolute atomic E-state index is 12.4. The molecule has 0 bridgehead atoms. The Morgan fingerprint density at radius 2 is 2.00 bits per heavy atom. The molecule has 2 heterocycles. The first kappa shape index (κ1) is 15.9. The molecule has 0 radical (unpaired) electrons. The summed E-state index contributed by atoms with van der Waals surface area (Å²) in [5, 5.41) is 2.75. The van der Waals surface area contributed by atoms with Crippen LogP contribution in [0, 0.1) is 0 Å². The predicted octanol–water partition coefficient (Wildman–Crippen LogP) is 2.36. The van der Waals surface area contributed by atoms with Crippen molar-refractivity contribution in [2.45, 2.75) is 12.8 Å². The van der Waals surface area contributed by atoms with Gasteiger partial charge in [-0.2, -0.15) is 0 Å². The summed E-state index contributed by atoms with van der Waals surface area (Å²) in [7, 11) is 0. The summed E-state index contributed by atoms with van der Waals surface area (Å²) < 4.78 is 0. The fourth-order valence-corrected chi connectivity index (χ4v) is 2.57. The largest absolute Gasteiger partial charge is 0.339 e. The van der Waals surface area contributed by atoms with Crippen molar-refractivity contribution in [3.63, 3.8) is 0 Å². The van der Waals surface area contributed by atoms with Gasteiger partial charge in [-0.3, -0.25) is 19.6 Å². The van der Waals surface area contributed by atoms with Gasteiger partial charge in [0.1, 0.15) is 0 Å². The molecule has 0 spiro atoms. The van der Waals surface area contributed by atoms with Crippen LogP contribution in [0.2, 0.25) is 0 Å². The molecule has 1 saturated heterocycles. The highest BCUT2D eigenvalue weighted by Crippen LogP contribution is 2.16. The minimum atomic E-state index is -0.286. The van der Waals surface area contributed by atoms with E-state index in [-0.39, 0.29) is 11.8 Å². The Bertz CT molecular complexity index is 753. The number of likely N-dealkylation sites (tertiary alicyclic amines) is 1. The normalized spacial score (nSPS) is 14.1. The van der Waals surface area contributed by atoms with Crippen LogP contribution in [0.15, 0.2) is 48.9 Å². The van der Waals surface area contributed by atoms with Gasteiger partial charge in [0.15, 0.2) is 0 Å². The van der Waals surface area contributed by atoms with Crippen LogP contribution >= 0.6 is 0 Å². The quantitative estimate of drug-likeness (QED) is 0.877. The highest BCUT2D eigenvalue weighted by atomic mass is 16.2. The van der Waals surface area contributed by atoms with Gasteiger partial charge in [0, 0.05) is 42.8 Å². The van der Waals surface area contributed by atoms with Crippen molar-refractivity contribution >= 4 is 23.6 Å². The van der Waals surface area contributed by atoms with E-state index in [2.05, 4.69) is 15.3 Å². The van der Waals surface area contributed by atoms with Crippen molar-refractivity contribution in [2.24, 2.45) is 0 Å². The summed E-state index contributed by atoms with van der Waals surface area (Å²) in [6.07, 6.45) is 9.77. The number of nitrogens with zero attached hydrogens (tertiary/aromatic N) is 3. The van der Waals surface area contributed by atoms with E-state index in [0.29, 0.717) is 16.9 Å². The van der Waals surface area contributed by atoms with Gasteiger partial charge >= 0.3 is 0 Å². The van der Waals surface area contributed by atoms with Gasteiger partial charge in [-0.1, -0.05) is 6.07 Å². The van der Waals surface area contributed by atoms with Crippen LogP contribution in [0.3, 0.4) is 0 Å². The molecule has 1 aromatic heterocycles. The van der Waals surface area contributed by atoms with Crippen molar-refractivity contribution in [1.29, 1.82) is 0 Å². The molecule has 122 valence electrons. The van der Waals surface area contributed by atoms with Gasteiger partial charge in [-0.25, -0.2) is 0 Å². The summed E-state index contributed by atoms with van der Waals surface area (Å²) in [5.41, 5.74) is 1.78. The third kappa shape index (κ3) is 4.04. The van der Waals surface area contributed by atoms with Gasteiger partial charge in [0.25, 0.3) is 5.91 Å². The number of aromatic nitrogens is 2. The van der Waals surface area contributed by atoms with E-state index in [1.807, 2.05) is 4.90 Å². The minimum absolute atomic E-state index is 0.0127. The van der Waals surface area contributed by atoms with Crippen LogP contribution in [-0.4, -0.2) is 39.8 Å². The Morgan fingerprint density at radius 3 is 2.75 bits per heavy atom. The third-order valence-electron chi connectivity index (χ3n) is 3.76. The minimum Gasteiger partial charge on any atom is -0.339 e. The highest BCUT2D eigenvalue weighted by molar-refractivity contribution is 6.03. The Hall–Kier alpha value is -3.02. The SMILES string of the molecule is O=C(/C=C/c1cnccn1)Nc1cccc(C(=O)N2CCCC2)c1. The fourth-order valence-electron chi connectivity index (χ4n) is 2.57. The topological polar surface area (TPSA) is 75.2 Å². The van der Waals surface area contributed by atoms with Crippen LogP contribution < -0.4 is 5.32 Å². The molecule has 6 nitrogen and oxygen atoms in total. The number of benzene rings is 1. The zero-order valence-corrected chi connectivity index (χ0v) is 13.2. The second-order valence-corrected chi connectivity index (χ2v) is 5.53. The first-order chi connectivity index (χ1) is 11.7. The molecule has 1 fully saturated rings. The second-order valence-electron chi connectivity index (χ2n) is 5.53. The molecule has 1 N–H and O–H groups in total. The summed E-state index contributed by atoms with van der Waals surface area (Å²) >= 11 is 0. The lowest BCUT2D eigenvalue weighted by Crippen LogP contribution is -2.27. The summed E-state index contributed by atoms with van der Waals surface area (Å²) in [4.78, 5) is 34.2. The van der Waals surface area contributed by atoms with Gasteiger partial charge in [-0.15, -0.1) is 0 Å². The standard InChI is InChI=1S/C18H18N4O2/c23-17(7-6-16-13-19-8-9-20-16)21-15-5-3-4-14(12-15)18(24)22-10-1-2-11-22/h3-9,12-13H,1-2,10-11H2,(H,21,23)/b7-6+. The van der Waals surface area contributed by atoms with Crippen LogP contribution in [0.25, 0.3) is 6.08 Å². The van der Waals surface area contributed by atoms with Crippen molar-refractivity contribution < 1.29 is 9.59 Å². The van der Waals surface area contributed by atoms with E-state index in [4.69, 9.17) is 0 Å². The lowest BCUT2D eigenvalue weighted by atomic mass is 10.1. The molecule has 2 aromatic rings. The Labute approximate surface area is 140 Å². The predicted molar refractivity (Wildman–Crippen MR) is 91.3 cm³/mol. The van der Waals surface area contributed by atoms with E-state index in [1.54, 1.807) is 48.9 Å². The van der Waals surface area contributed by atoms with Crippen LogP contribution in [-0.2, 0) is 4.79 Å². The third-order valence-corrected chi connectivity index (χ3v) is 3.76. The molecular formula is C18H18N4O2. The van der Waals surface area contributed by atoms with Crippen molar-refractivity contribution in [3.8, 4) is 0 Å². The maximum atomic E-state index is 12.4. The second kappa shape index (κ2) is 7.50. The van der Waals surface area contributed by atoms with Crippen LogP contribution in [0.4, 0.5) is 5.69 Å². The average Bonchev–Trinajstić information content (AvgIpc) is 3.15. The van der Waals surface area contributed by atoms with Crippen LogP contribution in [0.5, 0.6) is 0 Å². The number of amides is 2. The monoisotopic (exact) mass is 322 g/mol. The lowest BCUT2D eigenvalue weighted by Gasteiger charge is -2.15. The van der Waals surface area contributed by atoms with Gasteiger partial charge in [0.05, 0.1) is 11.9 Å². The fraction of sp³-hybridized carbons (Fsp3) is 0.222. The van der Waals surface area contributed by atoms with Gasteiger partial charge in [-0.05, 0) is 37.1 Å². The lowest BCUT2D eigenvalue weighted by molar-refractivity contribution is -0.111. The van der Waals surface area contributed by atoms with E-state index in [1.165, 1.54) is 6.08 Å². The highest BCUT2D eigenvalue weighted by Gasteiger charge is 2.19. The molecule has 1 aromatic carbocycles. The maximum Gasteiger partial charge on any atom is 0.253 e. The number of rotatable bonds is 4. The Morgan fingerprint density at radius 1 is 1.17 bits per heavy atom. The number of anilines is 1. The molecule has 24 heavy (non-hydrogen) atoms. The first-order valence-corrected chi connectivity index (χ1v) is 7.87. The summed E-state index contributed by atoms with van der Waals surface area (Å²) in [6.45, 7) is 1.60. The molecule has 0 unspecified atom stereocenters. The van der Waals surface area contributed by atoms with E-state index in [0.717, 1.165) is 25.9 Å². The zero-order valence-electron chi connectivity index (χ0n) is 13.2. The summed E-state index contributed by atoms with van der Waals surface area (Å²) in [5.74, 6) is -0.273. The number of hydrogen-bond donors (Lipinski definition) is 1. The molecule has 0 atom stereocenters. The molecule has 0 aliphatic carbocycles. The van der Waals surface area contributed by atoms with Crippen molar-refractivity contribution in [2.75, 3.05) is 18.4 Å². The average molecular weight is 322 g/mol. The molecule has 0 saturated carbocycles. The number of nitrogens with one attached hydrogen (secondary N) is 1. The molecule has 1 aliphatic heterocycles.